The van der Waals surface area contributed by atoms with Crippen LogP contribution in [0.3, 0.4) is 0 Å². The van der Waals surface area contributed by atoms with Gasteiger partial charge in [-0.1, -0.05) is 27.5 Å². The Hall–Kier alpha value is -0.650. The molecule has 0 saturated heterocycles. The molecule has 0 unspecified atom stereocenters. The van der Waals surface area contributed by atoms with E-state index in [1.807, 2.05) is 22.8 Å². The fourth-order valence-electron chi connectivity index (χ4n) is 1.77. The Kier molecular flexibility index (Phi) is 3.67. The molecule has 1 aromatic heterocycles. The van der Waals surface area contributed by atoms with Gasteiger partial charge in [-0.25, -0.2) is 0 Å². The van der Waals surface area contributed by atoms with Gasteiger partial charge in [0.15, 0.2) is 10.6 Å². The first-order valence-electron chi connectivity index (χ1n) is 5.44. The maximum atomic E-state index is 6.24. The number of hydrogen-bond donors (Lipinski definition) is 1. The van der Waals surface area contributed by atoms with Crippen molar-refractivity contribution < 1.29 is 0 Å². The number of hydrogen-bond acceptors (Lipinski definition) is 2. The molecule has 0 bridgehead atoms. The van der Waals surface area contributed by atoms with Crippen LogP contribution in [0.25, 0.3) is 11.4 Å². The normalized spacial score (nSPS) is 11.8. The van der Waals surface area contributed by atoms with Crippen LogP contribution in [0.4, 0.5) is 0 Å². The van der Waals surface area contributed by atoms with E-state index >= 15 is 0 Å². The largest absolute Gasteiger partial charge is 0.295 e. The van der Waals surface area contributed by atoms with Crippen LogP contribution in [0.15, 0.2) is 22.7 Å². The summed E-state index contributed by atoms with van der Waals surface area (Å²) in [6.07, 6.45) is 0. The molecule has 0 spiro atoms. The molecule has 0 amide bonds. The predicted octanol–water partition coefficient (Wildman–Crippen LogP) is 4.78. The van der Waals surface area contributed by atoms with E-state index in [1.54, 1.807) is 0 Å². The van der Waals surface area contributed by atoms with Gasteiger partial charge in [0.25, 0.3) is 0 Å². The highest BCUT2D eigenvalue weighted by molar-refractivity contribution is 9.10. The van der Waals surface area contributed by atoms with Crippen LogP contribution >= 0.6 is 39.7 Å². The number of H-pyrrole nitrogens is 1. The van der Waals surface area contributed by atoms with Gasteiger partial charge >= 0.3 is 0 Å². The summed E-state index contributed by atoms with van der Waals surface area (Å²) < 4.78 is 3.51. The lowest BCUT2D eigenvalue weighted by Gasteiger charge is -2.22. The number of nitrogens with one attached hydrogen (secondary N) is 1. The highest BCUT2D eigenvalue weighted by Crippen LogP contribution is 2.32. The molecule has 96 valence electrons. The molecule has 0 radical (unpaired) electrons. The molecular formula is C12H13BrClN3S. The van der Waals surface area contributed by atoms with E-state index in [2.05, 4.69) is 46.9 Å². The third kappa shape index (κ3) is 2.53. The Morgan fingerprint density at radius 1 is 1.39 bits per heavy atom. The lowest BCUT2D eigenvalue weighted by molar-refractivity contribution is 0.395. The van der Waals surface area contributed by atoms with Gasteiger partial charge in [0.1, 0.15) is 0 Å². The molecule has 2 aromatic rings. The average Bonchev–Trinajstić information content (AvgIpc) is 2.63. The van der Waals surface area contributed by atoms with E-state index < -0.39 is 0 Å². The number of rotatable bonds is 1. The highest BCUT2D eigenvalue weighted by atomic mass is 79.9. The summed E-state index contributed by atoms with van der Waals surface area (Å²) >= 11 is 15.0. The summed E-state index contributed by atoms with van der Waals surface area (Å²) in [6.45, 7) is 6.23. The molecule has 1 heterocycles. The second-order valence-electron chi connectivity index (χ2n) is 4.98. The van der Waals surface area contributed by atoms with Gasteiger partial charge in [0.2, 0.25) is 0 Å². The Labute approximate surface area is 124 Å². The summed E-state index contributed by atoms with van der Waals surface area (Å²) in [5.41, 5.74) is 0.693. The van der Waals surface area contributed by atoms with Gasteiger partial charge in [-0.05, 0) is 51.2 Å². The van der Waals surface area contributed by atoms with E-state index in [9.17, 15) is 0 Å². The number of benzene rings is 1. The van der Waals surface area contributed by atoms with E-state index in [-0.39, 0.29) is 5.54 Å². The smallest absolute Gasteiger partial charge is 0.195 e. The van der Waals surface area contributed by atoms with Crippen LogP contribution < -0.4 is 0 Å². The first-order valence-corrected chi connectivity index (χ1v) is 7.02. The quantitative estimate of drug-likeness (QED) is 0.754. The fourth-order valence-corrected chi connectivity index (χ4v) is 2.74. The minimum Gasteiger partial charge on any atom is -0.295 e. The third-order valence-corrected chi connectivity index (χ3v) is 3.61. The molecule has 1 aromatic carbocycles. The van der Waals surface area contributed by atoms with Crippen LogP contribution in [-0.4, -0.2) is 14.8 Å². The summed E-state index contributed by atoms with van der Waals surface area (Å²) in [5.74, 6) is 0.749. The average molecular weight is 347 g/mol. The van der Waals surface area contributed by atoms with Gasteiger partial charge in [-0.15, -0.1) is 0 Å². The van der Waals surface area contributed by atoms with Crippen molar-refractivity contribution in [3.05, 3.63) is 32.5 Å². The van der Waals surface area contributed by atoms with E-state index in [0.717, 1.165) is 15.9 Å². The Balaban J connectivity index is 2.73. The molecule has 0 atom stereocenters. The number of halogens is 2. The van der Waals surface area contributed by atoms with E-state index in [0.29, 0.717) is 9.79 Å². The zero-order valence-electron chi connectivity index (χ0n) is 10.3. The van der Waals surface area contributed by atoms with Gasteiger partial charge in [0, 0.05) is 15.6 Å². The van der Waals surface area contributed by atoms with Crippen molar-refractivity contribution >= 4 is 39.7 Å². The third-order valence-electron chi connectivity index (χ3n) is 2.51. The van der Waals surface area contributed by atoms with Crippen molar-refractivity contribution in [2.45, 2.75) is 26.3 Å². The maximum Gasteiger partial charge on any atom is 0.195 e. The predicted molar refractivity (Wildman–Crippen MR) is 80.6 cm³/mol. The van der Waals surface area contributed by atoms with Crippen LogP contribution in [0.1, 0.15) is 20.8 Å². The first-order chi connectivity index (χ1) is 8.30. The fraction of sp³-hybridized carbons (Fsp3) is 0.333. The Morgan fingerprint density at radius 3 is 2.67 bits per heavy atom. The molecule has 3 nitrogen and oxygen atoms in total. The minimum atomic E-state index is -0.162. The van der Waals surface area contributed by atoms with Crippen LogP contribution in [0.5, 0.6) is 0 Å². The second kappa shape index (κ2) is 4.79. The number of aromatic amines is 1. The standard InChI is InChI=1S/C12H13BrClN3S/c1-12(2,3)17-10(15-16-11(17)18)8-6-7(13)4-5-9(8)14/h4-6H,1-3H3,(H,16,18). The monoisotopic (exact) mass is 345 g/mol. The molecule has 0 aliphatic carbocycles. The molecule has 0 aliphatic heterocycles. The summed E-state index contributed by atoms with van der Waals surface area (Å²) in [6, 6.07) is 5.68. The molecule has 18 heavy (non-hydrogen) atoms. The van der Waals surface area contributed by atoms with Crippen molar-refractivity contribution in [3.8, 4) is 11.4 Å². The first kappa shape index (κ1) is 13.8. The zero-order chi connectivity index (χ0) is 13.5. The number of aromatic nitrogens is 3. The van der Waals surface area contributed by atoms with Gasteiger partial charge in [-0.2, -0.15) is 5.10 Å². The Morgan fingerprint density at radius 2 is 2.06 bits per heavy atom. The van der Waals surface area contributed by atoms with Gasteiger partial charge in [-0.3, -0.25) is 9.67 Å². The molecule has 1 N–H and O–H groups in total. The minimum absolute atomic E-state index is 0.162. The van der Waals surface area contributed by atoms with Crippen LogP contribution in [0, 0.1) is 4.77 Å². The highest BCUT2D eigenvalue weighted by Gasteiger charge is 2.21. The van der Waals surface area contributed by atoms with Crippen molar-refractivity contribution in [1.82, 2.24) is 14.8 Å². The second-order valence-corrected chi connectivity index (χ2v) is 6.69. The summed E-state index contributed by atoms with van der Waals surface area (Å²) in [7, 11) is 0. The molecule has 0 fully saturated rings. The van der Waals surface area contributed by atoms with Crippen LogP contribution in [-0.2, 0) is 5.54 Å². The van der Waals surface area contributed by atoms with Crippen LogP contribution in [0.2, 0.25) is 5.02 Å². The van der Waals surface area contributed by atoms with E-state index in [4.69, 9.17) is 23.8 Å². The van der Waals surface area contributed by atoms with Crippen molar-refractivity contribution in [3.63, 3.8) is 0 Å². The zero-order valence-corrected chi connectivity index (χ0v) is 13.4. The van der Waals surface area contributed by atoms with E-state index in [1.165, 1.54) is 0 Å². The van der Waals surface area contributed by atoms with Gasteiger partial charge in [0.05, 0.1) is 5.02 Å². The number of nitrogens with zero attached hydrogens (tertiary/aromatic N) is 2. The Bertz CT molecular complexity index is 640. The van der Waals surface area contributed by atoms with Gasteiger partial charge < -0.3 is 0 Å². The summed E-state index contributed by atoms with van der Waals surface area (Å²) in [5, 5.41) is 7.78. The van der Waals surface area contributed by atoms with Crippen molar-refractivity contribution in [1.29, 1.82) is 0 Å². The summed E-state index contributed by atoms with van der Waals surface area (Å²) in [4.78, 5) is 0. The SMILES string of the molecule is CC(C)(C)n1c(-c2cc(Br)ccc2Cl)n[nH]c1=S. The molecule has 6 heteroatoms. The maximum absolute atomic E-state index is 6.24. The molecule has 0 saturated carbocycles. The lowest BCUT2D eigenvalue weighted by atomic mass is 10.1. The van der Waals surface area contributed by atoms with Crippen molar-refractivity contribution in [2.75, 3.05) is 0 Å². The topological polar surface area (TPSA) is 33.6 Å². The van der Waals surface area contributed by atoms with Crippen molar-refractivity contribution in [2.24, 2.45) is 0 Å². The lowest BCUT2D eigenvalue weighted by Crippen LogP contribution is -2.23. The molecular weight excluding hydrogens is 334 g/mol. The molecule has 0 aliphatic rings. The molecule has 2 rings (SSSR count).